The molecule has 8 heteroatoms. The quantitative estimate of drug-likeness (QED) is 0.494. The minimum absolute atomic E-state index is 0.162. The van der Waals surface area contributed by atoms with Gasteiger partial charge in [0, 0.05) is 6.20 Å². The van der Waals surface area contributed by atoms with Crippen LogP contribution in [0.25, 0.3) is 0 Å². The highest BCUT2D eigenvalue weighted by Crippen LogP contribution is 2.03. The standard InChI is InChI=1S/C9H9N7O/c10-15-8-5-11-6(4-12-8)9(17)14-7-2-1-3-13-16-7/h1-5H,10H2,(H,12,15)(H,14,16,17). The number of hydrazine groups is 1. The van der Waals surface area contributed by atoms with Gasteiger partial charge >= 0.3 is 0 Å². The molecule has 2 aromatic heterocycles. The molecule has 0 aliphatic carbocycles. The summed E-state index contributed by atoms with van der Waals surface area (Å²) in [7, 11) is 0. The van der Waals surface area contributed by atoms with Gasteiger partial charge in [-0.25, -0.2) is 15.8 Å². The Morgan fingerprint density at radius 2 is 2.12 bits per heavy atom. The third-order valence-electron chi connectivity index (χ3n) is 1.85. The molecule has 1 amide bonds. The Bertz CT molecular complexity index is 499. The lowest BCUT2D eigenvalue weighted by atomic mass is 10.4. The molecule has 2 heterocycles. The van der Waals surface area contributed by atoms with Crippen molar-refractivity contribution in [2.45, 2.75) is 0 Å². The third-order valence-corrected chi connectivity index (χ3v) is 1.85. The molecule has 2 aromatic rings. The van der Waals surface area contributed by atoms with Crippen molar-refractivity contribution in [2.24, 2.45) is 5.84 Å². The van der Waals surface area contributed by atoms with Crippen molar-refractivity contribution in [1.82, 2.24) is 20.2 Å². The van der Waals surface area contributed by atoms with Gasteiger partial charge in [-0.2, -0.15) is 5.10 Å². The molecule has 86 valence electrons. The van der Waals surface area contributed by atoms with Crippen LogP contribution in [-0.4, -0.2) is 26.1 Å². The van der Waals surface area contributed by atoms with Crippen LogP contribution in [-0.2, 0) is 0 Å². The zero-order valence-corrected chi connectivity index (χ0v) is 8.66. The van der Waals surface area contributed by atoms with E-state index in [-0.39, 0.29) is 5.69 Å². The maximum Gasteiger partial charge on any atom is 0.277 e. The smallest absolute Gasteiger partial charge is 0.277 e. The van der Waals surface area contributed by atoms with E-state index in [2.05, 4.69) is 30.9 Å². The molecule has 2 rings (SSSR count). The summed E-state index contributed by atoms with van der Waals surface area (Å²) in [5.41, 5.74) is 2.48. The summed E-state index contributed by atoms with van der Waals surface area (Å²) in [4.78, 5) is 19.4. The predicted molar refractivity (Wildman–Crippen MR) is 59.8 cm³/mol. The van der Waals surface area contributed by atoms with Crippen LogP contribution in [0.2, 0.25) is 0 Å². The molecule has 0 unspecified atom stereocenters. The molecule has 0 radical (unpaired) electrons. The Morgan fingerprint density at radius 1 is 1.24 bits per heavy atom. The van der Waals surface area contributed by atoms with Crippen LogP contribution in [0, 0.1) is 0 Å². The first kappa shape index (κ1) is 10.9. The van der Waals surface area contributed by atoms with Gasteiger partial charge in [-0.1, -0.05) is 0 Å². The van der Waals surface area contributed by atoms with Gasteiger partial charge in [0.25, 0.3) is 5.91 Å². The molecular weight excluding hydrogens is 222 g/mol. The summed E-state index contributed by atoms with van der Waals surface area (Å²) >= 11 is 0. The molecule has 0 bridgehead atoms. The number of anilines is 2. The van der Waals surface area contributed by atoms with Gasteiger partial charge < -0.3 is 10.7 Å². The van der Waals surface area contributed by atoms with Crippen LogP contribution in [0.4, 0.5) is 11.6 Å². The second kappa shape index (κ2) is 4.94. The Balaban J connectivity index is 2.09. The minimum Gasteiger partial charge on any atom is -0.307 e. The molecule has 17 heavy (non-hydrogen) atoms. The number of nitrogens with two attached hydrogens (primary N) is 1. The minimum atomic E-state index is -0.415. The van der Waals surface area contributed by atoms with Crippen molar-refractivity contribution < 1.29 is 4.79 Å². The molecule has 0 atom stereocenters. The number of hydrogen-bond acceptors (Lipinski definition) is 7. The summed E-state index contributed by atoms with van der Waals surface area (Å²) in [6.07, 6.45) is 4.17. The van der Waals surface area contributed by atoms with Gasteiger partial charge in [-0.05, 0) is 12.1 Å². The van der Waals surface area contributed by atoms with Crippen LogP contribution >= 0.6 is 0 Å². The molecule has 8 nitrogen and oxygen atoms in total. The number of nitrogen functional groups attached to an aromatic ring is 1. The van der Waals surface area contributed by atoms with Crippen LogP contribution in [0.15, 0.2) is 30.7 Å². The van der Waals surface area contributed by atoms with E-state index in [9.17, 15) is 4.79 Å². The van der Waals surface area contributed by atoms with Crippen molar-refractivity contribution in [1.29, 1.82) is 0 Å². The molecule has 0 aromatic carbocycles. The first-order chi connectivity index (χ1) is 8.29. The highest BCUT2D eigenvalue weighted by Gasteiger charge is 2.08. The lowest BCUT2D eigenvalue weighted by Gasteiger charge is -2.03. The average molecular weight is 231 g/mol. The van der Waals surface area contributed by atoms with Gasteiger partial charge in [0.2, 0.25) is 0 Å². The number of amides is 1. The third kappa shape index (κ3) is 2.69. The van der Waals surface area contributed by atoms with E-state index in [1.807, 2.05) is 0 Å². The number of hydrogen-bond donors (Lipinski definition) is 3. The van der Waals surface area contributed by atoms with Crippen LogP contribution in [0.1, 0.15) is 10.5 Å². The second-order valence-electron chi connectivity index (χ2n) is 2.99. The summed E-state index contributed by atoms with van der Waals surface area (Å²) in [5.74, 6) is 5.44. The lowest BCUT2D eigenvalue weighted by Crippen LogP contribution is -2.16. The van der Waals surface area contributed by atoms with Crippen molar-refractivity contribution in [2.75, 3.05) is 10.7 Å². The molecule has 0 saturated carbocycles. The van der Waals surface area contributed by atoms with Gasteiger partial charge in [0.15, 0.2) is 11.6 Å². The summed E-state index contributed by atoms with van der Waals surface area (Å²) in [5, 5.41) is 9.88. The fraction of sp³-hybridized carbons (Fsp3) is 0. The monoisotopic (exact) mass is 231 g/mol. The van der Waals surface area contributed by atoms with Crippen LogP contribution < -0.4 is 16.6 Å². The van der Waals surface area contributed by atoms with Gasteiger partial charge in [-0.3, -0.25) is 4.79 Å². The predicted octanol–water partition coefficient (Wildman–Crippen LogP) is -0.196. The molecule has 0 aliphatic heterocycles. The zero-order valence-electron chi connectivity index (χ0n) is 8.66. The number of nitrogens with zero attached hydrogens (tertiary/aromatic N) is 4. The van der Waals surface area contributed by atoms with E-state index in [4.69, 9.17) is 5.84 Å². The largest absolute Gasteiger partial charge is 0.307 e. The first-order valence-electron chi connectivity index (χ1n) is 4.67. The van der Waals surface area contributed by atoms with Gasteiger partial charge in [0.05, 0.1) is 12.4 Å². The van der Waals surface area contributed by atoms with E-state index in [1.165, 1.54) is 18.6 Å². The van der Waals surface area contributed by atoms with E-state index in [0.29, 0.717) is 11.6 Å². The van der Waals surface area contributed by atoms with Crippen LogP contribution in [0.5, 0.6) is 0 Å². The topological polar surface area (TPSA) is 119 Å². The maximum absolute atomic E-state index is 11.7. The van der Waals surface area contributed by atoms with Crippen molar-refractivity contribution >= 4 is 17.5 Å². The first-order valence-corrected chi connectivity index (χ1v) is 4.67. The summed E-state index contributed by atoms with van der Waals surface area (Å²) in [6.45, 7) is 0. The highest BCUT2D eigenvalue weighted by molar-refractivity contribution is 6.02. The van der Waals surface area contributed by atoms with Gasteiger partial charge in [-0.15, -0.1) is 5.10 Å². The summed E-state index contributed by atoms with van der Waals surface area (Å²) in [6, 6.07) is 3.28. The zero-order chi connectivity index (χ0) is 12.1. The fourth-order valence-corrected chi connectivity index (χ4v) is 1.07. The Morgan fingerprint density at radius 3 is 2.71 bits per heavy atom. The molecule has 4 N–H and O–H groups in total. The molecule has 0 aliphatic rings. The Kier molecular flexibility index (Phi) is 3.17. The van der Waals surface area contributed by atoms with E-state index >= 15 is 0 Å². The number of carbonyl (C=O) groups is 1. The van der Waals surface area contributed by atoms with E-state index in [1.54, 1.807) is 12.1 Å². The maximum atomic E-state index is 11.7. The van der Waals surface area contributed by atoms with Gasteiger partial charge in [0.1, 0.15) is 5.69 Å². The van der Waals surface area contributed by atoms with E-state index < -0.39 is 5.91 Å². The Hall–Kier alpha value is -2.61. The average Bonchev–Trinajstić information content (AvgIpc) is 2.40. The number of rotatable bonds is 3. The fourth-order valence-electron chi connectivity index (χ4n) is 1.07. The molecule has 0 fully saturated rings. The molecular formula is C9H9N7O. The Labute approximate surface area is 96.3 Å². The second-order valence-corrected chi connectivity index (χ2v) is 2.99. The number of nitrogens with one attached hydrogen (secondary N) is 2. The number of aromatic nitrogens is 4. The van der Waals surface area contributed by atoms with E-state index in [0.717, 1.165) is 0 Å². The SMILES string of the molecule is NNc1cnc(C(=O)Nc2cccnn2)cn1. The normalized spacial score (nSPS) is 9.71. The highest BCUT2D eigenvalue weighted by atomic mass is 16.1. The summed E-state index contributed by atoms with van der Waals surface area (Å²) < 4.78 is 0. The van der Waals surface area contributed by atoms with Crippen molar-refractivity contribution in [3.63, 3.8) is 0 Å². The van der Waals surface area contributed by atoms with Crippen molar-refractivity contribution in [3.05, 3.63) is 36.4 Å². The van der Waals surface area contributed by atoms with Crippen LogP contribution in [0.3, 0.4) is 0 Å². The lowest BCUT2D eigenvalue weighted by molar-refractivity contribution is 0.102. The van der Waals surface area contributed by atoms with Crippen molar-refractivity contribution in [3.8, 4) is 0 Å². The molecule has 0 saturated heterocycles. The molecule has 0 spiro atoms. The number of carbonyl (C=O) groups excluding carboxylic acids is 1.